The Bertz CT molecular complexity index is 762. The molecule has 1 aromatic rings. The normalized spacial score (nSPS) is 32.6. The van der Waals surface area contributed by atoms with Crippen molar-refractivity contribution in [1.29, 1.82) is 0 Å². The molecule has 1 aromatic carbocycles. The minimum Gasteiger partial charge on any atom is -0.465 e. The Hall–Kier alpha value is -1.66. The van der Waals surface area contributed by atoms with Crippen molar-refractivity contribution >= 4 is 33.5 Å². The van der Waals surface area contributed by atoms with Crippen LogP contribution < -0.4 is 4.90 Å². The summed E-state index contributed by atoms with van der Waals surface area (Å²) in [5, 5.41) is 0. The summed E-state index contributed by atoms with van der Waals surface area (Å²) in [7, 11) is 0. The van der Waals surface area contributed by atoms with Crippen LogP contribution in [0.2, 0.25) is 0 Å². The monoisotopic (exact) mass is 405 g/mol. The number of nitrogens with zero attached hydrogens (tertiary/aromatic N) is 1. The van der Waals surface area contributed by atoms with Gasteiger partial charge in [-0.05, 0) is 34.0 Å². The second-order valence-corrected chi connectivity index (χ2v) is 8.15. The first kappa shape index (κ1) is 16.8. The van der Waals surface area contributed by atoms with Crippen LogP contribution in [0.4, 0.5) is 5.69 Å². The van der Waals surface area contributed by atoms with Gasteiger partial charge in [0.1, 0.15) is 11.5 Å². The van der Waals surface area contributed by atoms with Crippen LogP contribution >= 0.6 is 15.9 Å². The van der Waals surface area contributed by atoms with Gasteiger partial charge in [0.05, 0.1) is 30.9 Å². The zero-order chi connectivity index (χ0) is 17.8. The molecule has 3 aliphatic heterocycles. The molecule has 0 aliphatic carbocycles. The molecule has 0 radical (unpaired) electrons. The van der Waals surface area contributed by atoms with Crippen molar-refractivity contribution in [3.05, 3.63) is 40.9 Å². The molecule has 0 aromatic heterocycles. The van der Waals surface area contributed by atoms with Crippen LogP contribution in [0, 0.1) is 17.8 Å². The molecule has 25 heavy (non-hydrogen) atoms. The van der Waals surface area contributed by atoms with Crippen LogP contribution in [0.1, 0.15) is 13.8 Å². The quantitative estimate of drug-likeness (QED) is 0.570. The lowest BCUT2D eigenvalue weighted by molar-refractivity contribution is -0.153. The number of para-hydroxylation sites is 1. The Kier molecular flexibility index (Phi) is 4.00. The summed E-state index contributed by atoms with van der Waals surface area (Å²) >= 11 is 3.50. The number of halogens is 1. The second-order valence-electron chi connectivity index (χ2n) is 7.30. The highest BCUT2D eigenvalue weighted by Gasteiger charge is 2.67. The zero-order valence-corrected chi connectivity index (χ0v) is 15.7. The van der Waals surface area contributed by atoms with Gasteiger partial charge >= 0.3 is 5.97 Å². The number of ether oxygens (including phenoxy) is 2. The average Bonchev–Trinajstić information content (AvgIpc) is 3.21. The van der Waals surface area contributed by atoms with E-state index in [1.807, 2.05) is 50.3 Å². The number of amides is 1. The summed E-state index contributed by atoms with van der Waals surface area (Å²) in [6.45, 7) is 4.75. The van der Waals surface area contributed by atoms with Gasteiger partial charge in [0.2, 0.25) is 5.91 Å². The molecule has 6 heteroatoms. The predicted molar refractivity (Wildman–Crippen MR) is 96.0 cm³/mol. The van der Waals surface area contributed by atoms with Crippen LogP contribution in [-0.2, 0) is 19.1 Å². The van der Waals surface area contributed by atoms with Crippen molar-refractivity contribution in [2.45, 2.75) is 25.6 Å². The summed E-state index contributed by atoms with van der Waals surface area (Å²) in [4.78, 5) is 27.5. The van der Waals surface area contributed by atoms with Crippen molar-refractivity contribution in [2.75, 3.05) is 18.1 Å². The number of esters is 1. The number of fused-ring (bicyclic) bond motifs is 1. The van der Waals surface area contributed by atoms with Crippen LogP contribution in [0.25, 0.3) is 0 Å². The molecular weight excluding hydrogens is 386 g/mol. The van der Waals surface area contributed by atoms with Gasteiger partial charge in [0, 0.05) is 4.47 Å². The van der Waals surface area contributed by atoms with Crippen molar-refractivity contribution < 1.29 is 19.1 Å². The van der Waals surface area contributed by atoms with E-state index < -0.39 is 17.4 Å². The third kappa shape index (κ3) is 2.54. The Balaban J connectivity index is 1.64. The first-order valence-electron chi connectivity index (χ1n) is 8.53. The Morgan fingerprint density at radius 3 is 2.92 bits per heavy atom. The predicted octanol–water partition coefficient (Wildman–Crippen LogP) is 2.93. The Morgan fingerprint density at radius 1 is 1.44 bits per heavy atom. The maximum atomic E-state index is 13.2. The van der Waals surface area contributed by atoms with Crippen molar-refractivity contribution in [3.8, 4) is 0 Å². The van der Waals surface area contributed by atoms with Crippen molar-refractivity contribution in [2.24, 2.45) is 17.8 Å². The SMILES string of the molecule is CC(C)COC(=O)C1C2C=CC3(CN(c4ccccc4Br)C(=O)C13)O2. The van der Waals surface area contributed by atoms with E-state index in [0.29, 0.717) is 13.2 Å². The fourth-order valence-electron chi connectivity index (χ4n) is 3.99. The largest absolute Gasteiger partial charge is 0.465 e. The molecule has 2 fully saturated rings. The molecule has 0 saturated carbocycles. The molecule has 3 aliphatic rings. The molecule has 4 rings (SSSR count). The van der Waals surface area contributed by atoms with Gasteiger partial charge in [0.25, 0.3) is 0 Å². The molecule has 3 heterocycles. The second kappa shape index (κ2) is 5.95. The number of rotatable bonds is 4. The van der Waals surface area contributed by atoms with Gasteiger partial charge < -0.3 is 14.4 Å². The summed E-state index contributed by atoms with van der Waals surface area (Å²) in [5.41, 5.74) is 0.0736. The molecule has 5 nitrogen and oxygen atoms in total. The van der Waals surface area contributed by atoms with E-state index in [4.69, 9.17) is 9.47 Å². The standard InChI is InChI=1S/C19H20BrNO4/c1-11(2)9-24-18(23)15-14-7-8-19(25-14)10-21(17(22)16(15)19)13-6-4-3-5-12(13)20/h3-8,11,14-16H,9-10H2,1-2H3. The van der Waals surface area contributed by atoms with E-state index in [-0.39, 0.29) is 23.9 Å². The first-order valence-corrected chi connectivity index (χ1v) is 9.32. The summed E-state index contributed by atoms with van der Waals surface area (Å²) in [5.74, 6) is -1.25. The van der Waals surface area contributed by atoms with Crippen molar-refractivity contribution in [1.82, 2.24) is 0 Å². The molecule has 1 amide bonds. The van der Waals surface area contributed by atoms with Gasteiger partial charge in [-0.3, -0.25) is 9.59 Å². The minimum atomic E-state index is -0.724. The van der Waals surface area contributed by atoms with Gasteiger partial charge in [-0.2, -0.15) is 0 Å². The molecule has 4 atom stereocenters. The van der Waals surface area contributed by atoms with Crippen molar-refractivity contribution in [3.63, 3.8) is 0 Å². The first-order chi connectivity index (χ1) is 11.9. The van der Waals surface area contributed by atoms with Crippen LogP contribution in [0.15, 0.2) is 40.9 Å². The van der Waals surface area contributed by atoms with E-state index in [9.17, 15) is 9.59 Å². The molecule has 2 saturated heterocycles. The van der Waals surface area contributed by atoms with E-state index in [2.05, 4.69) is 15.9 Å². The van der Waals surface area contributed by atoms with E-state index in [1.54, 1.807) is 4.90 Å². The van der Waals surface area contributed by atoms with Gasteiger partial charge in [0.15, 0.2) is 0 Å². The van der Waals surface area contributed by atoms with E-state index in [1.165, 1.54) is 0 Å². The topological polar surface area (TPSA) is 55.8 Å². The summed E-state index contributed by atoms with van der Waals surface area (Å²) in [6, 6.07) is 7.59. The lowest BCUT2D eigenvalue weighted by atomic mass is 9.77. The molecule has 4 unspecified atom stereocenters. The number of carbonyl (C=O) groups excluding carboxylic acids is 2. The Labute approximate surface area is 155 Å². The van der Waals surface area contributed by atoms with E-state index in [0.717, 1.165) is 10.2 Å². The number of hydrogen-bond donors (Lipinski definition) is 0. The lowest BCUT2D eigenvalue weighted by Gasteiger charge is -2.23. The molecule has 1 spiro atoms. The van der Waals surface area contributed by atoms with E-state index >= 15 is 0 Å². The molecule has 132 valence electrons. The fraction of sp³-hybridized carbons (Fsp3) is 0.474. The maximum Gasteiger partial charge on any atom is 0.312 e. The highest BCUT2D eigenvalue weighted by atomic mass is 79.9. The highest BCUT2D eigenvalue weighted by Crippen LogP contribution is 2.53. The average molecular weight is 406 g/mol. The van der Waals surface area contributed by atoms with Gasteiger partial charge in [-0.25, -0.2) is 0 Å². The highest BCUT2D eigenvalue weighted by molar-refractivity contribution is 9.10. The number of benzene rings is 1. The summed E-state index contributed by atoms with van der Waals surface area (Å²) < 4.78 is 12.4. The Morgan fingerprint density at radius 2 is 2.20 bits per heavy atom. The van der Waals surface area contributed by atoms with Crippen LogP contribution in [0.3, 0.4) is 0 Å². The van der Waals surface area contributed by atoms with Crippen LogP contribution in [0.5, 0.6) is 0 Å². The van der Waals surface area contributed by atoms with Gasteiger partial charge in [-0.1, -0.05) is 38.1 Å². The number of carbonyl (C=O) groups is 2. The smallest absolute Gasteiger partial charge is 0.312 e. The third-order valence-electron chi connectivity index (χ3n) is 5.07. The maximum absolute atomic E-state index is 13.2. The van der Waals surface area contributed by atoms with Crippen LogP contribution in [-0.4, -0.2) is 36.7 Å². The molecule has 2 bridgehead atoms. The fourth-order valence-corrected chi connectivity index (χ4v) is 4.49. The number of hydrogen-bond acceptors (Lipinski definition) is 4. The number of anilines is 1. The van der Waals surface area contributed by atoms with Gasteiger partial charge in [-0.15, -0.1) is 0 Å². The zero-order valence-electron chi connectivity index (χ0n) is 14.1. The molecule has 0 N–H and O–H groups in total. The molecular formula is C19H20BrNO4. The lowest BCUT2D eigenvalue weighted by Crippen LogP contribution is -2.40. The summed E-state index contributed by atoms with van der Waals surface area (Å²) in [6.07, 6.45) is 3.48. The third-order valence-corrected chi connectivity index (χ3v) is 5.75. The minimum absolute atomic E-state index is 0.0785.